The maximum atomic E-state index is 14.4. The first-order valence-electron chi connectivity index (χ1n) is 11.6. The van der Waals surface area contributed by atoms with Crippen LogP contribution in [0.2, 0.25) is 0 Å². The number of nitrogens with one attached hydrogen (secondary N) is 1. The number of para-hydroxylation sites is 2. The molecular formula is C27H29FN4O. The lowest BCUT2D eigenvalue weighted by molar-refractivity contribution is 0.125. The zero-order valence-corrected chi connectivity index (χ0v) is 18.7. The molecule has 4 aromatic rings. The van der Waals surface area contributed by atoms with Gasteiger partial charge in [-0.05, 0) is 42.3 Å². The van der Waals surface area contributed by atoms with E-state index in [-0.39, 0.29) is 11.5 Å². The van der Waals surface area contributed by atoms with Gasteiger partial charge >= 0.3 is 5.69 Å². The Bertz CT molecular complexity index is 1290. The highest BCUT2D eigenvalue weighted by Gasteiger charge is 2.19. The van der Waals surface area contributed by atoms with Crippen LogP contribution in [0.5, 0.6) is 0 Å². The van der Waals surface area contributed by atoms with Gasteiger partial charge in [0.1, 0.15) is 5.82 Å². The molecular weight excluding hydrogens is 415 g/mol. The summed E-state index contributed by atoms with van der Waals surface area (Å²) in [5.74, 6) is -0.177. The first-order valence-corrected chi connectivity index (χ1v) is 11.6. The van der Waals surface area contributed by atoms with Gasteiger partial charge in [0.05, 0.1) is 11.0 Å². The molecule has 1 fully saturated rings. The Morgan fingerprint density at radius 3 is 2.24 bits per heavy atom. The number of aromatic amines is 1. The molecule has 5 rings (SSSR count). The van der Waals surface area contributed by atoms with Crippen molar-refractivity contribution in [3.63, 3.8) is 0 Å². The summed E-state index contributed by atoms with van der Waals surface area (Å²) in [6.07, 6.45) is 0.942. The Kier molecular flexibility index (Phi) is 6.37. The molecule has 6 heteroatoms. The Morgan fingerprint density at radius 1 is 0.758 bits per heavy atom. The molecule has 0 aliphatic carbocycles. The SMILES string of the molecule is O=c1[nH]c2ccccc2n1CCCN1CCN(Cc2ccccc2-c2ccccc2F)CC1. The molecule has 5 nitrogen and oxygen atoms in total. The summed E-state index contributed by atoms with van der Waals surface area (Å²) in [5.41, 5.74) is 4.64. The van der Waals surface area contributed by atoms with Crippen molar-refractivity contribution in [3.05, 3.63) is 94.7 Å². The molecule has 1 aliphatic heterocycles. The van der Waals surface area contributed by atoms with Gasteiger partial charge in [-0.1, -0.05) is 54.6 Å². The van der Waals surface area contributed by atoms with Gasteiger partial charge in [0.25, 0.3) is 0 Å². The molecule has 0 unspecified atom stereocenters. The van der Waals surface area contributed by atoms with E-state index in [4.69, 9.17) is 0 Å². The summed E-state index contributed by atoms with van der Waals surface area (Å²) in [7, 11) is 0. The van der Waals surface area contributed by atoms with Crippen LogP contribution in [0.1, 0.15) is 12.0 Å². The number of imidazole rings is 1. The fourth-order valence-corrected chi connectivity index (χ4v) is 4.79. The summed E-state index contributed by atoms with van der Waals surface area (Å²) < 4.78 is 16.2. The zero-order chi connectivity index (χ0) is 22.6. The molecule has 0 atom stereocenters. The van der Waals surface area contributed by atoms with Crippen molar-refractivity contribution in [2.24, 2.45) is 0 Å². The Balaban J connectivity index is 1.15. The minimum absolute atomic E-state index is 0.0328. The maximum absolute atomic E-state index is 14.4. The average Bonchev–Trinajstić information content (AvgIpc) is 3.16. The number of rotatable bonds is 7. The third-order valence-electron chi connectivity index (χ3n) is 6.58. The van der Waals surface area contributed by atoms with Crippen molar-refractivity contribution in [3.8, 4) is 11.1 Å². The number of piperazine rings is 1. The molecule has 1 N–H and O–H groups in total. The van der Waals surface area contributed by atoms with Crippen molar-refractivity contribution in [1.29, 1.82) is 0 Å². The van der Waals surface area contributed by atoms with Crippen LogP contribution >= 0.6 is 0 Å². The first-order chi connectivity index (χ1) is 16.2. The number of benzene rings is 3. The summed E-state index contributed by atoms with van der Waals surface area (Å²) in [5, 5.41) is 0. The summed E-state index contributed by atoms with van der Waals surface area (Å²) in [6.45, 7) is 6.50. The highest BCUT2D eigenvalue weighted by Crippen LogP contribution is 2.27. The van der Waals surface area contributed by atoms with Crippen molar-refractivity contribution in [1.82, 2.24) is 19.4 Å². The second-order valence-electron chi connectivity index (χ2n) is 8.71. The van der Waals surface area contributed by atoms with Crippen molar-refractivity contribution < 1.29 is 4.39 Å². The minimum Gasteiger partial charge on any atom is -0.306 e. The quantitative estimate of drug-likeness (QED) is 0.461. The lowest BCUT2D eigenvalue weighted by atomic mass is 9.98. The van der Waals surface area contributed by atoms with Gasteiger partial charge < -0.3 is 9.88 Å². The van der Waals surface area contributed by atoms with Crippen LogP contribution in [0.25, 0.3) is 22.2 Å². The number of aryl methyl sites for hydroxylation is 1. The molecule has 33 heavy (non-hydrogen) atoms. The second-order valence-corrected chi connectivity index (χ2v) is 8.71. The zero-order valence-electron chi connectivity index (χ0n) is 18.7. The predicted molar refractivity (Wildman–Crippen MR) is 131 cm³/mol. The van der Waals surface area contributed by atoms with E-state index in [2.05, 4.69) is 20.9 Å². The monoisotopic (exact) mass is 444 g/mol. The van der Waals surface area contributed by atoms with Crippen LogP contribution in [0.3, 0.4) is 0 Å². The Labute approximate surface area is 193 Å². The van der Waals surface area contributed by atoms with Crippen LogP contribution in [0.4, 0.5) is 4.39 Å². The average molecular weight is 445 g/mol. The third kappa shape index (κ3) is 4.77. The van der Waals surface area contributed by atoms with Crippen molar-refractivity contribution >= 4 is 11.0 Å². The fraction of sp³-hybridized carbons (Fsp3) is 0.296. The molecule has 2 heterocycles. The van der Waals surface area contributed by atoms with Gasteiger partial charge in [-0.2, -0.15) is 0 Å². The highest BCUT2D eigenvalue weighted by molar-refractivity contribution is 5.74. The van der Waals surface area contributed by atoms with Gasteiger partial charge in [-0.15, -0.1) is 0 Å². The van der Waals surface area contributed by atoms with Gasteiger partial charge in [-0.3, -0.25) is 9.47 Å². The second kappa shape index (κ2) is 9.73. The number of nitrogens with zero attached hydrogens (tertiary/aromatic N) is 3. The largest absolute Gasteiger partial charge is 0.326 e. The number of H-pyrrole nitrogens is 1. The van der Waals surface area contributed by atoms with Crippen LogP contribution in [-0.4, -0.2) is 52.1 Å². The summed E-state index contributed by atoms with van der Waals surface area (Å²) >= 11 is 0. The topological polar surface area (TPSA) is 44.3 Å². The lowest BCUT2D eigenvalue weighted by Gasteiger charge is -2.35. The number of fused-ring (bicyclic) bond motifs is 1. The molecule has 3 aromatic carbocycles. The Hall–Kier alpha value is -3.22. The van der Waals surface area contributed by atoms with Crippen molar-refractivity contribution in [2.75, 3.05) is 32.7 Å². The van der Waals surface area contributed by atoms with E-state index in [1.807, 2.05) is 59.2 Å². The number of hydrogen-bond acceptors (Lipinski definition) is 3. The predicted octanol–water partition coefficient (Wildman–Crippen LogP) is 4.34. The standard InChI is InChI=1S/C27H29FN4O/c28-24-11-4-3-10-23(24)22-9-2-1-8-21(22)20-31-18-16-30(17-19-31)14-7-15-32-26-13-6-5-12-25(26)29-27(32)33/h1-6,8-13H,7,14-20H2,(H,29,33). The first kappa shape index (κ1) is 21.6. The van der Waals surface area contributed by atoms with Crippen LogP contribution in [-0.2, 0) is 13.1 Å². The molecule has 0 amide bonds. The van der Waals surface area contributed by atoms with Crippen LogP contribution < -0.4 is 5.69 Å². The van der Waals surface area contributed by atoms with E-state index in [1.54, 1.807) is 6.07 Å². The van der Waals surface area contributed by atoms with E-state index < -0.39 is 0 Å². The molecule has 1 aliphatic rings. The van der Waals surface area contributed by atoms with E-state index in [1.165, 1.54) is 6.07 Å². The lowest BCUT2D eigenvalue weighted by Crippen LogP contribution is -2.46. The highest BCUT2D eigenvalue weighted by atomic mass is 19.1. The van der Waals surface area contributed by atoms with Gasteiger partial charge in [0.2, 0.25) is 0 Å². The molecule has 0 radical (unpaired) electrons. The van der Waals surface area contributed by atoms with Gasteiger partial charge in [0, 0.05) is 44.8 Å². The van der Waals surface area contributed by atoms with E-state index >= 15 is 0 Å². The normalized spacial score (nSPS) is 15.3. The van der Waals surface area contributed by atoms with E-state index in [9.17, 15) is 9.18 Å². The van der Waals surface area contributed by atoms with Crippen molar-refractivity contribution in [2.45, 2.75) is 19.5 Å². The molecule has 0 saturated carbocycles. The fourth-order valence-electron chi connectivity index (χ4n) is 4.79. The smallest absolute Gasteiger partial charge is 0.306 e. The molecule has 1 aromatic heterocycles. The molecule has 170 valence electrons. The van der Waals surface area contributed by atoms with E-state index in [0.717, 1.165) is 74.4 Å². The van der Waals surface area contributed by atoms with Crippen LogP contribution in [0.15, 0.2) is 77.6 Å². The molecule has 1 saturated heterocycles. The van der Waals surface area contributed by atoms with E-state index in [0.29, 0.717) is 5.56 Å². The van der Waals surface area contributed by atoms with Gasteiger partial charge in [-0.25, -0.2) is 9.18 Å². The number of halogens is 1. The number of hydrogen-bond donors (Lipinski definition) is 1. The molecule has 0 bridgehead atoms. The van der Waals surface area contributed by atoms with Crippen LogP contribution in [0, 0.1) is 5.82 Å². The molecule has 0 spiro atoms. The summed E-state index contributed by atoms with van der Waals surface area (Å²) in [6, 6.07) is 23.0. The minimum atomic E-state index is -0.177. The van der Waals surface area contributed by atoms with Gasteiger partial charge in [0.15, 0.2) is 0 Å². The maximum Gasteiger partial charge on any atom is 0.326 e. The number of aromatic nitrogens is 2. The summed E-state index contributed by atoms with van der Waals surface area (Å²) in [4.78, 5) is 20.1. The third-order valence-corrected chi connectivity index (χ3v) is 6.58. The Morgan fingerprint density at radius 2 is 1.42 bits per heavy atom.